The fourth-order valence-corrected chi connectivity index (χ4v) is 3.63. The van der Waals surface area contributed by atoms with Gasteiger partial charge in [-0.3, -0.25) is 0 Å². The van der Waals surface area contributed by atoms with Gasteiger partial charge in [-0.05, 0) is 25.1 Å². The van der Waals surface area contributed by atoms with Crippen LogP contribution in [0.4, 0.5) is 0 Å². The number of aromatic nitrogens is 3. The molecule has 5 aromatic rings. The molecular formula is C24H16N4. The summed E-state index contributed by atoms with van der Waals surface area (Å²) in [6, 6.07) is 28.3. The molecule has 3 aromatic carbocycles. The van der Waals surface area contributed by atoms with Crippen molar-refractivity contribution < 1.29 is 0 Å². The van der Waals surface area contributed by atoms with Crippen molar-refractivity contribution in [2.24, 2.45) is 0 Å². The number of hydrogen-bond acceptors (Lipinski definition) is 3. The highest BCUT2D eigenvalue weighted by Crippen LogP contribution is 2.34. The van der Waals surface area contributed by atoms with E-state index in [2.05, 4.69) is 12.1 Å². The smallest absolute Gasteiger partial charge is 0.164 e. The third-order valence-electron chi connectivity index (χ3n) is 4.91. The van der Waals surface area contributed by atoms with E-state index in [9.17, 15) is 5.26 Å². The van der Waals surface area contributed by atoms with Crippen molar-refractivity contribution >= 4 is 16.6 Å². The fourth-order valence-electron chi connectivity index (χ4n) is 3.63. The quantitative estimate of drug-likeness (QED) is 0.424. The highest BCUT2D eigenvalue weighted by Gasteiger charge is 2.20. The van der Waals surface area contributed by atoms with E-state index in [1.165, 1.54) is 0 Å². The van der Waals surface area contributed by atoms with Gasteiger partial charge in [0, 0.05) is 16.5 Å². The van der Waals surface area contributed by atoms with Gasteiger partial charge in [0.15, 0.2) is 5.65 Å². The van der Waals surface area contributed by atoms with Gasteiger partial charge in [-0.1, -0.05) is 66.2 Å². The van der Waals surface area contributed by atoms with Gasteiger partial charge in [-0.15, -0.1) is 0 Å². The number of aryl methyl sites for hydroxylation is 1. The normalized spacial score (nSPS) is 11.0. The van der Waals surface area contributed by atoms with E-state index in [1.807, 2.05) is 84.2 Å². The Morgan fingerprint density at radius 2 is 1.61 bits per heavy atom. The van der Waals surface area contributed by atoms with Gasteiger partial charge in [-0.2, -0.15) is 10.4 Å². The molecule has 28 heavy (non-hydrogen) atoms. The molecule has 4 nitrogen and oxygen atoms in total. The number of hydrogen-bond donors (Lipinski definition) is 0. The number of nitrogens with zero attached hydrogens (tertiary/aromatic N) is 4. The molecule has 2 heterocycles. The summed E-state index contributed by atoms with van der Waals surface area (Å²) in [5, 5.41) is 15.8. The van der Waals surface area contributed by atoms with Crippen LogP contribution in [0.3, 0.4) is 0 Å². The van der Waals surface area contributed by atoms with Crippen LogP contribution in [0.25, 0.3) is 39.1 Å². The third-order valence-corrected chi connectivity index (χ3v) is 4.91. The van der Waals surface area contributed by atoms with E-state index in [4.69, 9.17) is 10.1 Å². The topological polar surface area (TPSA) is 54.0 Å². The Morgan fingerprint density at radius 3 is 2.39 bits per heavy atom. The largest absolute Gasteiger partial charge is 0.226 e. The highest BCUT2D eigenvalue weighted by molar-refractivity contribution is 5.95. The standard InChI is InChI=1S/C24H16N4/c1-16-8-7-11-18(14-16)23-20(15-25)22(17-9-3-2-4-10-17)26-24-19-12-5-6-13-21(19)27-28(23)24/h2-14H,1H3. The van der Waals surface area contributed by atoms with Crippen LogP contribution < -0.4 is 0 Å². The maximum absolute atomic E-state index is 10.1. The second-order valence-electron chi connectivity index (χ2n) is 6.78. The van der Waals surface area contributed by atoms with Crippen LogP contribution in [0.2, 0.25) is 0 Å². The first-order valence-electron chi connectivity index (χ1n) is 9.10. The average molecular weight is 360 g/mol. The number of fused-ring (bicyclic) bond motifs is 3. The van der Waals surface area contributed by atoms with E-state index < -0.39 is 0 Å². The van der Waals surface area contributed by atoms with Gasteiger partial charge in [0.2, 0.25) is 0 Å². The first kappa shape index (κ1) is 16.2. The van der Waals surface area contributed by atoms with E-state index in [0.29, 0.717) is 11.3 Å². The van der Waals surface area contributed by atoms with Crippen LogP contribution in [0.1, 0.15) is 11.1 Å². The number of rotatable bonds is 2. The Labute approximate surface area is 162 Å². The lowest BCUT2D eigenvalue weighted by atomic mass is 9.99. The van der Waals surface area contributed by atoms with Gasteiger partial charge in [0.25, 0.3) is 0 Å². The van der Waals surface area contributed by atoms with Crippen LogP contribution >= 0.6 is 0 Å². The molecule has 0 radical (unpaired) electrons. The fraction of sp³-hybridized carbons (Fsp3) is 0.0417. The summed E-state index contributed by atoms with van der Waals surface area (Å²) in [7, 11) is 0. The van der Waals surface area contributed by atoms with Crippen LogP contribution in [0.15, 0.2) is 78.9 Å². The van der Waals surface area contributed by atoms with Crippen LogP contribution in [0, 0.1) is 18.3 Å². The monoisotopic (exact) mass is 360 g/mol. The summed E-state index contributed by atoms with van der Waals surface area (Å²) in [5.74, 6) is 0. The predicted molar refractivity (Wildman–Crippen MR) is 111 cm³/mol. The minimum Gasteiger partial charge on any atom is -0.226 e. The van der Waals surface area contributed by atoms with Crippen LogP contribution in [-0.4, -0.2) is 14.6 Å². The zero-order valence-corrected chi connectivity index (χ0v) is 15.3. The van der Waals surface area contributed by atoms with E-state index in [1.54, 1.807) is 0 Å². The lowest BCUT2D eigenvalue weighted by Crippen LogP contribution is -2.03. The van der Waals surface area contributed by atoms with Crippen molar-refractivity contribution in [1.29, 1.82) is 5.26 Å². The molecule has 0 fully saturated rings. The van der Waals surface area contributed by atoms with Crippen molar-refractivity contribution in [2.75, 3.05) is 0 Å². The maximum atomic E-state index is 10.1. The Hall–Kier alpha value is -3.97. The van der Waals surface area contributed by atoms with Gasteiger partial charge >= 0.3 is 0 Å². The Morgan fingerprint density at radius 1 is 0.857 bits per heavy atom. The zero-order chi connectivity index (χ0) is 19.1. The summed E-state index contributed by atoms with van der Waals surface area (Å²) < 4.78 is 1.81. The molecule has 0 unspecified atom stereocenters. The molecule has 5 rings (SSSR count). The SMILES string of the molecule is Cc1cccc(-c2c(C#N)c(-c3ccccc3)nc3c4ccccc4nn23)c1. The van der Waals surface area contributed by atoms with Crippen molar-refractivity contribution in [3.05, 3.63) is 90.0 Å². The van der Waals surface area contributed by atoms with Gasteiger partial charge in [0.05, 0.1) is 16.9 Å². The minimum atomic E-state index is 0.525. The van der Waals surface area contributed by atoms with Gasteiger partial charge in [-0.25, -0.2) is 9.50 Å². The molecular weight excluding hydrogens is 344 g/mol. The third kappa shape index (κ3) is 2.45. The molecule has 0 saturated carbocycles. The predicted octanol–water partition coefficient (Wildman–Crippen LogP) is 5.40. The molecule has 0 spiro atoms. The number of nitriles is 1. The second-order valence-corrected chi connectivity index (χ2v) is 6.78. The lowest BCUT2D eigenvalue weighted by molar-refractivity contribution is 0.962. The first-order valence-corrected chi connectivity index (χ1v) is 9.10. The lowest BCUT2D eigenvalue weighted by Gasteiger charge is -2.12. The van der Waals surface area contributed by atoms with Crippen LogP contribution in [0.5, 0.6) is 0 Å². The summed E-state index contributed by atoms with van der Waals surface area (Å²) in [4.78, 5) is 4.89. The molecule has 0 atom stereocenters. The number of benzene rings is 3. The van der Waals surface area contributed by atoms with E-state index in [-0.39, 0.29) is 0 Å². The molecule has 0 aliphatic carbocycles. The Balaban J connectivity index is 1.99. The molecule has 0 saturated heterocycles. The summed E-state index contributed by atoms with van der Waals surface area (Å²) in [6.07, 6.45) is 0. The average Bonchev–Trinajstić information content (AvgIpc) is 3.11. The van der Waals surface area contributed by atoms with Crippen molar-refractivity contribution in [2.45, 2.75) is 6.92 Å². The van der Waals surface area contributed by atoms with E-state index in [0.717, 1.165) is 38.9 Å². The summed E-state index contributed by atoms with van der Waals surface area (Å²) >= 11 is 0. The van der Waals surface area contributed by atoms with Gasteiger partial charge in [0.1, 0.15) is 11.6 Å². The molecule has 0 aliphatic rings. The van der Waals surface area contributed by atoms with Crippen LogP contribution in [-0.2, 0) is 0 Å². The molecule has 2 aromatic heterocycles. The Kier molecular flexibility index (Phi) is 3.67. The Bertz CT molecular complexity index is 1370. The maximum Gasteiger partial charge on any atom is 0.164 e. The summed E-state index contributed by atoms with van der Waals surface area (Å²) in [6.45, 7) is 2.05. The molecule has 0 N–H and O–H groups in total. The van der Waals surface area contributed by atoms with Gasteiger partial charge < -0.3 is 0 Å². The molecule has 132 valence electrons. The second kappa shape index (κ2) is 6.33. The van der Waals surface area contributed by atoms with Crippen molar-refractivity contribution in [3.8, 4) is 28.6 Å². The highest BCUT2D eigenvalue weighted by atomic mass is 15.3. The zero-order valence-electron chi connectivity index (χ0n) is 15.3. The summed E-state index contributed by atoms with van der Waals surface area (Å²) in [5.41, 5.74) is 6.59. The first-order chi connectivity index (χ1) is 13.8. The molecule has 0 bridgehead atoms. The molecule has 0 aliphatic heterocycles. The molecule has 4 heteroatoms. The molecule has 0 amide bonds. The van der Waals surface area contributed by atoms with E-state index >= 15 is 0 Å². The minimum absolute atomic E-state index is 0.525. The van der Waals surface area contributed by atoms with Crippen molar-refractivity contribution in [1.82, 2.24) is 14.6 Å². The van der Waals surface area contributed by atoms with Crippen molar-refractivity contribution in [3.63, 3.8) is 0 Å².